The van der Waals surface area contributed by atoms with E-state index in [0.717, 1.165) is 37.8 Å². The molecule has 2 unspecified atom stereocenters. The van der Waals surface area contributed by atoms with Gasteiger partial charge in [-0.1, -0.05) is 13.8 Å². The van der Waals surface area contributed by atoms with Crippen molar-refractivity contribution in [3.05, 3.63) is 0 Å². The van der Waals surface area contributed by atoms with Crippen LogP contribution in [0.25, 0.3) is 0 Å². The summed E-state index contributed by atoms with van der Waals surface area (Å²) in [5.41, 5.74) is 6.12. The summed E-state index contributed by atoms with van der Waals surface area (Å²) in [4.78, 5) is 2.53. The van der Waals surface area contributed by atoms with Crippen molar-refractivity contribution in [2.24, 2.45) is 17.6 Å². The predicted molar refractivity (Wildman–Crippen MR) is 68.5 cm³/mol. The van der Waals surface area contributed by atoms with E-state index >= 15 is 0 Å². The molecule has 96 valence electrons. The first-order valence-corrected chi connectivity index (χ1v) is 6.60. The highest BCUT2D eigenvalue weighted by molar-refractivity contribution is 4.80. The second kappa shape index (κ2) is 7.25. The molecular weight excluding hydrogens is 200 g/mol. The standard InChI is InChI=1S/C13H28N2O/c1-11(2)12-6-7-15(9-12)10-13(14)5-4-8-16-3/h11-13H,4-10,14H2,1-3H3. The second-order valence-corrected chi connectivity index (χ2v) is 5.45. The van der Waals surface area contributed by atoms with Gasteiger partial charge in [0, 0.05) is 32.8 Å². The summed E-state index contributed by atoms with van der Waals surface area (Å²) in [5, 5.41) is 0. The third-order valence-corrected chi connectivity index (χ3v) is 3.67. The average Bonchev–Trinajstić information content (AvgIpc) is 2.66. The fourth-order valence-electron chi connectivity index (χ4n) is 2.49. The molecule has 1 saturated heterocycles. The van der Waals surface area contributed by atoms with Crippen molar-refractivity contribution < 1.29 is 4.74 Å². The van der Waals surface area contributed by atoms with Crippen molar-refractivity contribution in [3.8, 4) is 0 Å². The van der Waals surface area contributed by atoms with Crippen LogP contribution in [0, 0.1) is 11.8 Å². The lowest BCUT2D eigenvalue weighted by Gasteiger charge is -2.21. The molecule has 1 aliphatic heterocycles. The summed E-state index contributed by atoms with van der Waals surface area (Å²) in [6.45, 7) is 9.03. The van der Waals surface area contributed by atoms with Crippen LogP contribution < -0.4 is 5.73 Å². The summed E-state index contributed by atoms with van der Waals surface area (Å²) >= 11 is 0. The lowest BCUT2D eigenvalue weighted by atomic mass is 9.95. The molecular formula is C13H28N2O. The van der Waals surface area contributed by atoms with Gasteiger partial charge < -0.3 is 15.4 Å². The summed E-state index contributed by atoms with van der Waals surface area (Å²) in [5.74, 6) is 1.70. The summed E-state index contributed by atoms with van der Waals surface area (Å²) in [6, 6.07) is 0.320. The van der Waals surface area contributed by atoms with Gasteiger partial charge in [0.05, 0.1) is 0 Å². The van der Waals surface area contributed by atoms with E-state index in [-0.39, 0.29) is 0 Å². The lowest BCUT2D eigenvalue weighted by Crippen LogP contribution is -2.36. The highest BCUT2D eigenvalue weighted by Crippen LogP contribution is 2.23. The molecule has 2 atom stereocenters. The normalized spacial score (nSPS) is 24.2. The molecule has 0 radical (unpaired) electrons. The quantitative estimate of drug-likeness (QED) is 0.674. The van der Waals surface area contributed by atoms with Crippen LogP contribution in [-0.4, -0.2) is 44.3 Å². The van der Waals surface area contributed by atoms with E-state index in [0.29, 0.717) is 6.04 Å². The topological polar surface area (TPSA) is 38.5 Å². The highest BCUT2D eigenvalue weighted by atomic mass is 16.5. The van der Waals surface area contributed by atoms with Gasteiger partial charge in [0.2, 0.25) is 0 Å². The minimum atomic E-state index is 0.320. The van der Waals surface area contributed by atoms with E-state index in [4.69, 9.17) is 10.5 Å². The smallest absolute Gasteiger partial charge is 0.0462 e. The van der Waals surface area contributed by atoms with Gasteiger partial charge >= 0.3 is 0 Å². The molecule has 0 aromatic carbocycles. The molecule has 1 heterocycles. The number of hydrogen-bond acceptors (Lipinski definition) is 3. The maximum absolute atomic E-state index is 6.12. The largest absolute Gasteiger partial charge is 0.385 e. The zero-order valence-corrected chi connectivity index (χ0v) is 11.1. The Morgan fingerprint density at radius 2 is 2.19 bits per heavy atom. The first-order valence-electron chi connectivity index (χ1n) is 6.60. The molecule has 2 N–H and O–H groups in total. The maximum atomic E-state index is 6.12. The van der Waals surface area contributed by atoms with Gasteiger partial charge in [0.1, 0.15) is 0 Å². The van der Waals surface area contributed by atoms with Crippen LogP contribution in [0.3, 0.4) is 0 Å². The van der Waals surface area contributed by atoms with Gasteiger partial charge in [-0.25, -0.2) is 0 Å². The molecule has 0 saturated carbocycles. The van der Waals surface area contributed by atoms with Crippen LogP contribution in [0.1, 0.15) is 33.1 Å². The molecule has 1 rings (SSSR count). The van der Waals surface area contributed by atoms with Crippen molar-refractivity contribution in [2.75, 3.05) is 33.4 Å². The Hall–Kier alpha value is -0.120. The lowest BCUT2D eigenvalue weighted by molar-refractivity contribution is 0.186. The van der Waals surface area contributed by atoms with E-state index in [1.54, 1.807) is 7.11 Å². The van der Waals surface area contributed by atoms with E-state index in [1.807, 2.05) is 0 Å². The van der Waals surface area contributed by atoms with E-state index < -0.39 is 0 Å². The second-order valence-electron chi connectivity index (χ2n) is 5.45. The van der Waals surface area contributed by atoms with Gasteiger partial charge in [-0.2, -0.15) is 0 Å². The van der Waals surface area contributed by atoms with Gasteiger partial charge in [-0.3, -0.25) is 0 Å². The number of ether oxygens (including phenoxy) is 1. The number of methoxy groups -OCH3 is 1. The number of rotatable bonds is 7. The molecule has 1 fully saturated rings. The Morgan fingerprint density at radius 1 is 1.44 bits per heavy atom. The fraction of sp³-hybridized carbons (Fsp3) is 1.00. The molecule has 0 aromatic heterocycles. The van der Waals surface area contributed by atoms with Gasteiger partial charge in [-0.15, -0.1) is 0 Å². The number of hydrogen-bond donors (Lipinski definition) is 1. The molecule has 0 amide bonds. The Bertz CT molecular complexity index is 185. The van der Waals surface area contributed by atoms with Crippen molar-refractivity contribution in [3.63, 3.8) is 0 Å². The Morgan fingerprint density at radius 3 is 2.75 bits per heavy atom. The number of nitrogens with two attached hydrogens (primary N) is 1. The monoisotopic (exact) mass is 228 g/mol. The molecule has 0 aliphatic carbocycles. The third kappa shape index (κ3) is 4.81. The molecule has 0 bridgehead atoms. The zero-order chi connectivity index (χ0) is 12.0. The molecule has 3 nitrogen and oxygen atoms in total. The number of nitrogens with zero attached hydrogens (tertiary/aromatic N) is 1. The zero-order valence-electron chi connectivity index (χ0n) is 11.1. The van der Waals surface area contributed by atoms with Crippen LogP contribution >= 0.6 is 0 Å². The average molecular weight is 228 g/mol. The highest BCUT2D eigenvalue weighted by Gasteiger charge is 2.25. The fourth-order valence-corrected chi connectivity index (χ4v) is 2.49. The molecule has 0 aromatic rings. The van der Waals surface area contributed by atoms with Crippen LogP contribution in [0.5, 0.6) is 0 Å². The van der Waals surface area contributed by atoms with E-state index in [1.165, 1.54) is 19.5 Å². The Labute approximate surface area is 100 Å². The van der Waals surface area contributed by atoms with Crippen LogP contribution in [-0.2, 0) is 4.74 Å². The van der Waals surface area contributed by atoms with E-state index in [2.05, 4.69) is 18.7 Å². The minimum Gasteiger partial charge on any atom is -0.385 e. The van der Waals surface area contributed by atoms with Crippen LogP contribution in [0.15, 0.2) is 0 Å². The van der Waals surface area contributed by atoms with Crippen LogP contribution in [0.4, 0.5) is 0 Å². The summed E-state index contributed by atoms with van der Waals surface area (Å²) in [6.07, 6.45) is 3.51. The summed E-state index contributed by atoms with van der Waals surface area (Å²) < 4.78 is 5.04. The van der Waals surface area contributed by atoms with Crippen molar-refractivity contribution in [1.82, 2.24) is 4.90 Å². The number of likely N-dealkylation sites (tertiary alicyclic amines) is 1. The molecule has 16 heavy (non-hydrogen) atoms. The van der Waals surface area contributed by atoms with Crippen molar-refractivity contribution in [2.45, 2.75) is 39.2 Å². The van der Waals surface area contributed by atoms with Gasteiger partial charge in [0.25, 0.3) is 0 Å². The third-order valence-electron chi connectivity index (χ3n) is 3.67. The molecule has 3 heteroatoms. The first kappa shape index (κ1) is 13.9. The van der Waals surface area contributed by atoms with Crippen molar-refractivity contribution in [1.29, 1.82) is 0 Å². The van der Waals surface area contributed by atoms with Gasteiger partial charge in [-0.05, 0) is 37.6 Å². The predicted octanol–water partition coefficient (Wildman–Crippen LogP) is 1.72. The van der Waals surface area contributed by atoms with Gasteiger partial charge in [0.15, 0.2) is 0 Å². The molecule has 0 spiro atoms. The van der Waals surface area contributed by atoms with Crippen LogP contribution in [0.2, 0.25) is 0 Å². The Kier molecular flexibility index (Phi) is 6.32. The minimum absolute atomic E-state index is 0.320. The summed E-state index contributed by atoms with van der Waals surface area (Å²) in [7, 11) is 1.75. The van der Waals surface area contributed by atoms with Crippen molar-refractivity contribution >= 4 is 0 Å². The first-order chi connectivity index (χ1) is 7.63. The molecule has 1 aliphatic rings. The maximum Gasteiger partial charge on any atom is 0.0462 e. The van der Waals surface area contributed by atoms with E-state index in [9.17, 15) is 0 Å². The Balaban J connectivity index is 2.13. The SMILES string of the molecule is COCCCC(N)CN1CCC(C(C)C)C1.